The lowest BCUT2D eigenvalue weighted by molar-refractivity contribution is -0.142. The molecule has 0 spiro atoms. The van der Waals surface area contributed by atoms with Crippen molar-refractivity contribution in [3.8, 4) is 0 Å². The van der Waals surface area contributed by atoms with Crippen LogP contribution in [0.25, 0.3) is 0 Å². The van der Waals surface area contributed by atoms with Gasteiger partial charge in [-0.3, -0.25) is 9.59 Å². The molecule has 1 aromatic heterocycles. The molecule has 0 radical (unpaired) electrons. The van der Waals surface area contributed by atoms with Crippen LogP contribution >= 0.6 is 11.3 Å². The summed E-state index contributed by atoms with van der Waals surface area (Å²) in [5.41, 5.74) is 0.949. The molecule has 1 atom stereocenters. The summed E-state index contributed by atoms with van der Waals surface area (Å²) in [5.74, 6) is -0.943. The van der Waals surface area contributed by atoms with E-state index in [2.05, 4.69) is 10.0 Å². The van der Waals surface area contributed by atoms with Gasteiger partial charge in [0.2, 0.25) is 21.8 Å². The van der Waals surface area contributed by atoms with Gasteiger partial charge in [-0.25, -0.2) is 13.1 Å². The van der Waals surface area contributed by atoms with E-state index in [1.165, 1.54) is 28.4 Å². The van der Waals surface area contributed by atoms with Crippen molar-refractivity contribution in [2.24, 2.45) is 5.92 Å². The van der Waals surface area contributed by atoms with E-state index < -0.39 is 28.5 Å². The summed E-state index contributed by atoms with van der Waals surface area (Å²) in [6.45, 7) is 3.85. The lowest BCUT2D eigenvalue weighted by atomic mass is 10.0. The average molecular weight is 500 g/mol. The van der Waals surface area contributed by atoms with Crippen LogP contribution in [0, 0.1) is 5.92 Å². The monoisotopic (exact) mass is 499 g/mol. The first-order valence-electron chi connectivity index (χ1n) is 11.0. The zero-order valence-corrected chi connectivity index (χ0v) is 20.8. The first-order valence-corrected chi connectivity index (χ1v) is 13.3. The van der Waals surface area contributed by atoms with Gasteiger partial charge in [0.15, 0.2) is 0 Å². The highest BCUT2D eigenvalue weighted by molar-refractivity contribution is 7.89. The summed E-state index contributed by atoms with van der Waals surface area (Å²) in [6.07, 6.45) is 0. The normalized spacial score (nSPS) is 12.3. The highest BCUT2D eigenvalue weighted by Crippen LogP contribution is 2.19. The van der Waals surface area contributed by atoms with E-state index in [4.69, 9.17) is 0 Å². The summed E-state index contributed by atoms with van der Waals surface area (Å²) in [7, 11) is -3.86. The SMILES string of the molecule is CC(C)C(C(=O)NCc1ccccc1)N(Cc1cccs1)C(=O)CNS(=O)(=O)c1ccccc1. The number of carbonyl (C=O) groups is 2. The summed E-state index contributed by atoms with van der Waals surface area (Å²) < 4.78 is 27.6. The van der Waals surface area contributed by atoms with Gasteiger partial charge in [0.25, 0.3) is 0 Å². The van der Waals surface area contributed by atoms with Crippen molar-refractivity contribution in [1.82, 2.24) is 14.9 Å². The highest BCUT2D eigenvalue weighted by Gasteiger charge is 2.33. The fraction of sp³-hybridized carbons (Fsp3) is 0.280. The lowest BCUT2D eigenvalue weighted by Gasteiger charge is -2.33. The molecule has 0 saturated carbocycles. The number of hydrogen-bond donors (Lipinski definition) is 2. The third kappa shape index (κ3) is 6.99. The maximum Gasteiger partial charge on any atom is 0.243 e. The summed E-state index contributed by atoms with van der Waals surface area (Å²) in [5, 5.41) is 4.82. The molecule has 2 amide bonds. The topological polar surface area (TPSA) is 95.6 Å². The number of benzene rings is 2. The van der Waals surface area contributed by atoms with Gasteiger partial charge in [0, 0.05) is 11.4 Å². The molecule has 0 fully saturated rings. The van der Waals surface area contributed by atoms with E-state index in [0.29, 0.717) is 6.54 Å². The Morgan fingerprint density at radius 3 is 2.18 bits per heavy atom. The molecule has 0 aliphatic carbocycles. The molecule has 180 valence electrons. The molecule has 2 aromatic carbocycles. The van der Waals surface area contributed by atoms with Crippen molar-refractivity contribution in [3.63, 3.8) is 0 Å². The predicted molar refractivity (Wildman–Crippen MR) is 133 cm³/mol. The Morgan fingerprint density at radius 2 is 1.59 bits per heavy atom. The molecule has 9 heteroatoms. The number of thiophene rings is 1. The van der Waals surface area contributed by atoms with Crippen molar-refractivity contribution in [2.45, 2.75) is 37.9 Å². The number of carbonyl (C=O) groups excluding carboxylic acids is 2. The first-order chi connectivity index (χ1) is 16.3. The van der Waals surface area contributed by atoms with Crippen molar-refractivity contribution < 1.29 is 18.0 Å². The van der Waals surface area contributed by atoms with E-state index in [1.807, 2.05) is 61.7 Å². The van der Waals surface area contributed by atoms with E-state index in [9.17, 15) is 18.0 Å². The van der Waals surface area contributed by atoms with Crippen molar-refractivity contribution in [2.75, 3.05) is 6.54 Å². The van der Waals surface area contributed by atoms with Gasteiger partial charge >= 0.3 is 0 Å². The molecule has 2 N–H and O–H groups in total. The second kappa shape index (κ2) is 11.9. The van der Waals surface area contributed by atoms with Gasteiger partial charge in [0.05, 0.1) is 18.0 Å². The minimum Gasteiger partial charge on any atom is -0.350 e. The first kappa shape index (κ1) is 25.6. The molecule has 1 unspecified atom stereocenters. The third-order valence-electron chi connectivity index (χ3n) is 5.24. The van der Waals surface area contributed by atoms with E-state index in [1.54, 1.807) is 18.2 Å². The molecule has 0 bridgehead atoms. The molecule has 34 heavy (non-hydrogen) atoms. The zero-order chi connectivity index (χ0) is 24.6. The van der Waals surface area contributed by atoms with Crippen LogP contribution in [0.1, 0.15) is 24.3 Å². The van der Waals surface area contributed by atoms with Gasteiger partial charge in [-0.15, -0.1) is 11.3 Å². The van der Waals surface area contributed by atoms with Crippen LogP contribution in [-0.2, 0) is 32.7 Å². The van der Waals surface area contributed by atoms with Crippen LogP contribution < -0.4 is 10.0 Å². The van der Waals surface area contributed by atoms with Crippen LogP contribution in [-0.4, -0.2) is 37.7 Å². The number of nitrogens with one attached hydrogen (secondary N) is 2. The van der Waals surface area contributed by atoms with Crippen molar-refractivity contribution in [3.05, 3.63) is 88.6 Å². The van der Waals surface area contributed by atoms with Crippen molar-refractivity contribution in [1.29, 1.82) is 0 Å². The molecule has 3 aromatic rings. The summed E-state index contributed by atoms with van der Waals surface area (Å²) in [6, 6.07) is 20.4. The van der Waals surface area contributed by atoms with Crippen molar-refractivity contribution >= 4 is 33.2 Å². The summed E-state index contributed by atoms with van der Waals surface area (Å²) >= 11 is 1.48. The Morgan fingerprint density at radius 1 is 0.941 bits per heavy atom. The summed E-state index contributed by atoms with van der Waals surface area (Å²) in [4.78, 5) is 29.0. The molecular weight excluding hydrogens is 470 g/mol. The quantitative estimate of drug-likeness (QED) is 0.423. The number of nitrogens with zero attached hydrogens (tertiary/aromatic N) is 1. The Bertz CT molecular complexity index is 1170. The zero-order valence-electron chi connectivity index (χ0n) is 19.2. The second-order valence-electron chi connectivity index (χ2n) is 8.13. The van der Waals surface area contributed by atoms with E-state index in [-0.39, 0.29) is 23.3 Å². The Balaban J connectivity index is 1.78. The smallest absolute Gasteiger partial charge is 0.243 e. The molecule has 0 aliphatic rings. The largest absolute Gasteiger partial charge is 0.350 e. The third-order valence-corrected chi connectivity index (χ3v) is 7.52. The molecule has 0 aliphatic heterocycles. The fourth-order valence-electron chi connectivity index (χ4n) is 3.55. The van der Waals surface area contributed by atoms with Crippen LogP contribution in [0.5, 0.6) is 0 Å². The number of rotatable bonds is 11. The van der Waals surface area contributed by atoms with Crippen LogP contribution in [0.15, 0.2) is 83.1 Å². The van der Waals surface area contributed by atoms with Gasteiger partial charge in [-0.1, -0.05) is 68.4 Å². The average Bonchev–Trinajstić information content (AvgIpc) is 3.35. The Labute approximate surface area is 204 Å². The standard InChI is InChI=1S/C25H29N3O4S2/c1-19(2)24(25(30)26-16-20-10-5-3-6-11-20)28(18-21-12-9-15-33-21)23(29)17-27-34(31,32)22-13-7-4-8-14-22/h3-15,19,24,27H,16-18H2,1-2H3,(H,26,30). The van der Waals surface area contributed by atoms with E-state index in [0.717, 1.165) is 10.4 Å². The van der Waals surface area contributed by atoms with Gasteiger partial charge in [-0.2, -0.15) is 0 Å². The Kier molecular flexibility index (Phi) is 8.98. The van der Waals surface area contributed by atoms with Gasteiger partial charge in [0.1, 0.15) is 6.04 Å². The predicted octanol–water partition coefficient (Wildman–Crippen LogP) is 3.40. The van der Waals surface area contributed by atoms with Gasteiger partial charge in [-0.05, 0) is 35.1 Å². The number of hydrogen-bond acceptors (Lipinski definition) is 5. The Hall–Kier alpha value is -3.01. The maximum absolute atomic E-state index is 13.3. The number of sulfonamides is 1. The van der Waals surface area contributed by atoms with E-state index >= 15 is 0 Å². The second-order valence-corrected chi connectivity index (χ2v) is 10.9. The number of amides is 2. The molecule has 7 nitrogen and oxygen atoms in total. The minimum absolute atomic E-state index is 0.0774. The fourth-order valence-corrected chi connectivity index (χ4v) is 5.25. The maximum atomic E-state index is 13.3. The molecule has 1 heterocycles. The minimum atomic E-state index is -3.86. The van der Waals surface area contributed by atoms with Crippen LogP contribution in [0.2, 0.25) is 0 Å². The highest BCUT2D eigenvalue weighted by atomic mass is 32.2. The molecule has 3 rings (SSSR count). The molecule has 0 saturated heterocycles. The lowest BCUT2D eigenvalue weighted by Crippen LogP contribution is -2.53. The van der Waals surface area contributed by atoms with Crippen LogP contribution in [0.4, 0.5) is 0 Å². The van der Waals surface area contributed by atoms with Crippen LogP contribution in [0.3, 0.4) is 0 Å². The van der Waals surface area contributed by atoms with Gasteiger partial charge < -0.3 is 10.2 Å². The molecular formula is C25H29N3O4S2.